The zero-order chi connectivity index (χ0) is 15.7. The maximum atomic E-state index is 12.7. The van der Waals surface area contributed by atoms with Crippen molar-refractivity contribution < 1.29 is 9.72 Å². The molecule has 6 heteroatoms. The third kappa shape index (κ3) is 0.984. The highest BCUT2D eigenvalue weighted by Gasteiger charge is 2.87. The Labute approximate surface area is 130 Å². The predicted molar refractivity (Wildman–Crippen MR) is 78.1 cm³/mol. The molecule has 0 aromatic heterocycles. The van der Waals surface area contributed by atoms with Crippen LogP contribution < -0.4 is 0 Å². The van der Waals surface area contributed by atoms with Gasteiger partial charge in [-0.1, -0.05) is 30.0 Å². The van der Waals surface area contributed by atoms with Crippen LogP contribution in [0.15, 0.2) is 10.2 Å². The van der Waals surface area contributed by atoms with Crippen molar-refractivity contribution in [3.8, 4) is 0 Å². The van der Waals surface area contributed by atoms with E-state index in [1.807, 2.05) is 6.92 Å². The van der Waals surface area contributed by atoms with Gasteiger partial charge in [-0.2, -0.15) is 0 Å². The standard InChI is InChI=1S/C16H24N4O2/c1-14(2)15(3)10-11(16(14,4)20(22)18-15)13-9-7-5-6-8(9)12(10)17-19(13)21/h8-13H,5-7H2,1-4H3/t8-,9+,10+,11-,12-,13+,15-,16+/m0/s1. The van der Waals surface area contributed by atoms with Crippen LogP contribution in [-0.4, -0.2) is 32.9 Å². The summed E-state index contributed by atoms with van der Waals surface area (Å²) in [6.45, 7) is 8.50. The molecule has 0 radical (unpaired) electrons. The van der Waals surface area contributed by atoms with Crippen molar-refractivity contribution in [1.29, 1.82) is 0 Å². The molecule has 6 nitrogen and oxygen atoms in total. The van der Waals surface area contributed by atoms with Gasteiger partial charge in [0.2, 0.25) is 11.6 Å². The van der Waals surface area contributed by atoms with Crippen LogP contribution in [0, 0.1) is 39.5 Å². The van der Waals surface area contributed by atoms with Crippen molar-refractivity contribution in [3.63, 3.8) is 0 Å². The van der Waals surface area contributed by atoms with Gasteiger partial charge in [0, 0.05) is 18.8 Å². The zero-order valence-corrected chi connectivity index (χ0v) is 13.7. The first kappa shape index (κ1) is 13.3. The van der Waals surface area contributed by atoms with Crippen LogP contribution in [0.1, 0.15) is 47.0 Å². The second-order valence-corrected chi connectivity index (χ2v) is 9.00. The van der Waals surface area contributed by atoms with Crippen LogP contribution >= 0.6 is 0 Å². The molecule has 22 heavy (non-hydrogen) atoms. The van der Waals surface area contributed by atoms with E-state index in [0.29, 0.717) is 11.8 Å². The summed E-state index contributed by atoms with van der Waals surface area (Å²) in [4.78, 5) is 1.93. The molecule has 3 aliphatic heterocycles. The molecule has 120 valence electrons. The topological polar surface area (TPSA) is 76.9 Å². The lowest BCUT2D eigenvalue weighted by Crippen LogP contribution is -2.65. The van der Waals surface area contributed by atoms with Crippen molar-refractivity contribution in [2.45, 2.75) is 70.1 Å². The zero-order valence-electron chi connectivity index (χ0n) is 13.7. The Kier molecular flexibility index (Phi) is 2.01. The summed E-state index contributed by atoms with van der Waals surface area (Å²) >= 11 is 0. The van der Waals surface area contributed by atoms with Gasteiger partial charge in [-0.3, -0.25) is 0 Å². The van der Waals surface area contributed by atoms with Crippen molar-refractivity contribution in [1.82, 2.24) is 0 Å². The van der Waals surface area contributed by atoms with Gasteiger partial charge in [0.25, 0.3) is 0 Å². The summed E-state index contributed by atoms with van der Waals surface area (Å²) in [7, 11) is 0. The van der Waals surface area contributed by atoms with Gasteiger partial charge in [-0.05, 0) is 35.9 Å². The van der Waals surface area contributed by atoms with E-state index in [-0.39, 0.29) is 29.3 Å². The molecule has 0 spiro atoms. The molecule has 0 N–H and O–H groups in total. The largest absolute Gasteiger partial charge is 0.600 e. The molecule has 0 unspecified atom stereocenters. The Morgan fingerprint density at radius 3 is 2.41 bits per heavy atom. The fourth-order valence-electron chi connectivity index (χ4n) is 7.05. The maximum absolute atomic E-state index is 12.7. The summed E-state index contributed by atoms with van der Waals surface area (Å²) in [6.07, 6.45) is 3.49. The van der Waals surface area contributed by atoms with E-state index in [1.54, 1.807) is 0 Å². The number of azo groups is 2. The number of nitrogens with zero attached hydrogens (tertiary/aromatic N) is 4. The molecule has 4 bridgehead atoms. The van der Waals surface area contributed by atoms with Crippen LogP contribution in [0.3, 0.4) is 0 Å². The summed E-state index contributed by atoms with van der Waals surface area (Å²) in [5.74, 6) is 1.28. The predicted octanol–water partition coefficient (Wildman–Crippen LogP) is 2.90. The van der Waals surface area contributed by atoms with E-state index >= 15 is 0 Å². The normalized spacial score (nSPS) is 60.0. The van der Waals surface area contributed by atoms with Crippen molar-refractivity contribution in [2.24, 2.45) is 39.3 Å². The molecule has 0 amide bonds. The van der Waals surface area contributed by atoms with Crippen molar-refractivity contribution in [3.05, 3.63) is 10.4 Å². The van der Waals surface area contributed by atoms with E-state index in [1.165, 1.54) is 12.8 Å². The lowest BCUT2D eigenvalue weighted by molar-refractivity contribution is -0.669. The van der Waals surface area contributed by atoms with E-state index < -0.39 is 11.1 Å². The van der Waals surface area contributed by atoms with Gasteiger partial charge >= 0.3 is 0 Å². The number of hydrogen-bond donors (Lipinski definition) is 0. The Morgan fingerprint density at radius 2 is 1.68 bits per heavy atom. The van der Waals surface area contributed by atoms with Gasteiger partial charge in [0.05, 0.1) is 5.41 Å². The molecule has 0 saturated heterocycles. The Hall–Kier alpha value is -1.20. The molecule has 6 rings (SSSR count). The highest BCUT2D eigenvalue weighted by Crippen LogP contribution is 2.72. The Balaban J connectivity index is 1.77. The molecule has 3 fully saturated rings. The summed E-state index contributed by atoms with van der Waals surface area (Å²) in [5.41, 5.74) is -1.25. The van der Waals surface area contributed by atoms with Crippen LogP contribution in [0.2, 0.25) is 0 Å². The van der Waals surface area contributed by atoms with E-state index in [2.05, 4.69) is 31.0 Å². The highest BCUT2D eigenvalue weighted by atomic mass is 16.5. The van der Waals surface area contributed by atoms with Crippen LogP contribution in [0.4, 0.5) is 0 Å². The van der Waals surface area contributed by atoms with E-state index in [9.17, 15) is 10.4 Å². The molecule has 3 aliphatic carbocycles. The minimum Gasteiger partial charge on any atom is -0.600 e. The summed E-state index contributed by atoms with van der Waals surface area (Å²) in [6, 6.07) is -0.0656. The number of rotatable bonds is 0. The van der Waals surface area contributed by atoms with Gasteiger partial charge < -0.3 is 10.4 Å². The molecular weight excluding hydrogens is 280 g/mol. The monoisotopic (exact) mass is 304 g/mol. The smallest absolute Gasteiger partial charge is 0.213 e. The molecule has 8 atom stereocenters. The molecular formula is C16H24N4O2. The average Bonchev–Trinajstić information content (AvgIpc) is 3.01. The summed E-state index contributed by atoms with van der Waals surface area (Å²) in [5, 5.41) is 34.4. The third-order valence-corrected chi connectivity index (χ3v) is 8.65. The lowest BCUT2D eigenvalue weighted by Gasteiger charge is -2.50. The van der Waals surface area contributed by atoms with Crippen LogP contribution in [0.5, 0.6) is 0 Å². The van der Waals surface area contributed by atoms with Gasteiger partial charge in [0.1, 0.15) is 17.5 Å². The Morgan fingerprint density at radius 1 is 1.00 bits per heavy atom. The maximum Gasteiger partial charge on any atom is 0.213 e. The van der Waals surface area contributed by atoms with E-state index in [4.69, 9.17) is 0 Å². The molecule has 0 aromatic rings. The minimum absolute atomic E-state index is 0.0588. The molecule has 0 aromatic carbocycles. The number of hydrogen-bond acceptors (Lipinski definition) is 4. The Bertz CT molecular complexity index is 644. The lowest BCUT2D eigenvalue weighted by atomic mass is 9.58. The summed E-state index contributed by atoms with van der Waals surface area (Å²) < 4.78 is 0. The van der Waals surface area contributed by atoms with Crippen LogP contribution in [-0.2, 0) is 0 Å². The SMILES string of the molecule is CC1(C)[C@@]2(C)N=[N+]([O-])[C@]1(C)[C@@H]1[C@H]3[C@@H]4CCC[C@@H]4[C@H](N=[N+]3[O-])[C@@H]12. The quantitative estimate of drug-likeness (QED) is 0.509. The second-order valence-electron chi connectivity index (χ2n) is 9.00. The third-order valence-electron chi connectivity index (χ3n) is 8.65. The first-order valence-corrected chi connectivity index (χ1v) is 8.62. The fraction of sp³-hybridized carbons (Fsp3) is 1.00. The van der Waals surface area contributed by atoms with E-state index in [0.717, 1.165) is 16.1 Å². The van der Waals surface area contributed by atoms with Crippen LogP contribution in [0.25, 0.3) is 0 Å². The minimum atomic E-state index is -0.596. The highest BCUT2D eigenvalue weighted by molar-refractivity contribution is 5.28. The fourth-order valence-corrected chi connectivity index (χ4v) is 7.05. The molecule has 3 saturated carbocycles. The second kappa shape index (κ2) is 3.34. The van der Waals surface area contributed by atoms with Gasteiger partial charge in [-0.25, -0.2) is 0 Å². The van der Waals surface area contributed by atoms with Gasteiger partial charge in [0.15, 0.2) is 0 Å². The van der Waals surface area contributed by atoms with Crippen molar-refractivity contribution >= 4 is 0 Å². The number of fused-ring (bicyclic) bond motifs is 2. The molecule has 3 heterocycles. The first-order chi connectivity index (χ1) is 10.2. The average molecular weight is 304 g/mol. The van der Waals surface area contributed by atoms with Gasteiger partial charge in [-0.15, -0.1) is 0 Å². The van der Waals surface area contributed by atoms with Crippen molar-refractivity contribution in [2.75, 3.05) is 0 Å². The first-order valence-electron chi connectivity index (χ1n) is 8.62. The number of hydroxylamine groups is 2. The molecule has 6 aliphatic rings.